The summed E-state index contributed by atoms with van der Waals surface area (Å²) >= 11 is 0. The van der Waals surface area contributed by atoms with Crippen LogP contribution in [0.4, 0.5) is 0 Å². The maximum atomic E-state index is 12.2. The molecule has 1 saturated heterocycles. The second-order valence-corrected chi connectivity index (χ2v) is 7.06. The third-order valence-corrected chi connectivity index (χ3v) is 4.43. The van der Waals surface area contributed by atoms with Gasteiger partial charge in [0, 0.05) is 30.9 Å². The van der Waals surface area contributed by atoms with Crippen LogP contribution in [0.15, 0.2) is 0 Å². The van der Waals surface area contributed by atoms with E-state index in [-0.39, 0.29) is 5.91 Å². The molecule has 0 aromatic carbocycles. The number of aryl methyl sites for hydroxylation is 2. The van der Waals surface area contributed by atoms with Crippen LogP contribution in [0.5, 0.6) is 0 Å². The largest absolute Gasteiger partial charge is 0.355 e. The van der Waals surface area contributed by atoms with Gasteiger partial charge in [-0.3, -0.25) is 9.89 Å². The van der Waals surface area contributed by atoms with Gasteiger partial charge in [0.25, 0.3) is 0 Å². The van der Waals surface area contributed by atoms with Gasteiger partial charge in [0.1, 0.15) is 0 Å². The fraction of sp³-hybridized carbons (Fsp3) is 0.765. The van der Waals surface area contributed by atoms with Gasteiger partial charge in [0.2, 0.25) is 5.91 Å². The predicted molar refractivity (Wildman–Crippen MR) is 88.8 cm³/mol. The molecule has 0 spiro atoms. The molecule has 1 fully saturated rings. The minimum absolute atomic E-state index is 0.105. The molecule has 5 heteroatoms. The van der Waals surface area contributed by atoms with Gasteiger partial charge in [-0.1, -0.05) is 13.8 Å². The minimum Gasteiger partial charge on any atom is -0.355 e. The topological polar surface area (TPSA) is 61.0 Å². The van der Waals surface area contributed by atoms with Gasteiger partial charge in [0.05, 0.1) is 12.1 Å². The van der Waals surface area contributed by atoms with Crippen molar-refractivity contribution in [1.82, 2.24) is 20.4 Å². The second-order valence-electron chi connectivity index (χ2n) is 7.06. The lowest BCUT2D eigenvalue weighted by atomic mass is 9.97. The van der Waals surface area contributed by atoms with E-state index in [1.165, 1.54) is 19.4 Å². The van der Waals surface area contributed by atoms with Crippen molar-refractivity contribution in [3.8, 4) is 0 Å². The van der Waals surface area contributed by atoms with E-state index in [0.29, 0.717) is 18.3 Å². The first kappa shape index (κ1) is 17.0. The molecule has 2 heterocycles. The number of hydrogen-bond donors (Lipinski definition) is 2. The van der Waals surface area contributed by atoms with Crippen LogP contribution in [0.3, 0.4) is 0 Å². The number of piperidine rings is 1. The molecule has 1 aromatic heterocycles. The van der Waals surface area contributed by atoms with E-state index in [1.54, 1.807) is 0 Å². The number of aromatic amines is 1. The van der Waals surface area contributed by atoms with Crippen molar-refractivity contribution >= 4 is 5.91 Å². The van der Waals surface area contributed by atoms with Gasteiger partial charge in [-0.15, -0.1) is 0 Å². The van der Waals surface area contributed by atoms with E-state index in [4.69, 9.17) is 0 Å². The molecule has 124 valence electrons. The van der Waals surface area contributed by atoms with E-state index in [2.05, 4.69) is 34.3 Å². The zero-order valence-corrected chi connectivity index (χ0v) is 14.4. The molecular weight excluding hydrogens is 276 g/mol. The van der Waals surface area contributed by atoms with Crippen molar-refractivity contribution in [3.63, 3.8) is 0 Å². The standard InChI is InChI=1S/C17H30N4O/c1-12(2)10-21-7-5-6-15(11-21)9-18-17(22)8-16-13(3)19-20-14(16)4/h12,15H,5-11H2,1-4H3,(H,18,22)(H,19,20)/t15-/m0/s1. The lowest BCUT2D eigenvalue weighted by molar-refractivity contribution is -0.120. The van der Waals surface area contributed by atoms with E-state index in [9.17, 15) is 4.79 Å². The summed E-state index contributed by atoms with van der Waals surface area (Å²) in [5.74, 6) is 1.40. The summed E-state index contributed by atoms with van der Waals surface area (Å²) in [6.07, 6.45) is 2.89. The molecule has 0 bridgehead atoms. The summed E-state index contributed by atoms with van der Waals surface area (Å²) in [6.45, 7) is 12.7. The molecule has 0 unspecified atom stereocenters. The van der Waals surface area contributed by atoms with Crippen molar-refractivity contribution in [3.05, 3.63) is 17.0 Å². The zero-order valence-electron chi connectivity index (χ0n) is 14.4. The number of H-pyrrole nitrogens is 1. The van der Waals surface area contributed by atoms with E-state index in [1.807, 2.05) is 13.8 Å². The van der Waals surface area contributed by atoms with Gasteiger partial charge in [-0.05, 0) is 45.1 Å². The summed E-state index contributed by atoms with van der Waals surface area (Å²) in [4.78, 5) is 14.7. The normalized spacial score (nSPS) is 19.6. The van der Waals surface area contributed by atoms with Crippen LogP contribution >= 0.6 is 0 Å². The number of amides is 1. The molecule has 2 rings (SSSR count). The lowest BCUT2D eigenvalue weighted by Crippen LogP contribution is -2.42. The first-order valence-corrected chi connectivity index (χ1v) is 8.45. The van der Waals surface area contributed by atoms with E-state index >= 15 is 0 Å². The van der Waals surface area contributed by atoms with Gasteiger partial charge in [-0.25, -0.2) is 0 Å². The Morgan fingerprint density at radius 1 is 1.45 bits per heavy atom. The predicted octanol–water partition coefficient (Wildman–Crippen LogP) is 2.05. The zero-order chi connectivity index (χ0) is 16.1. The Labute approximate surface area is 133 Å². The Balaban J connectivity index is 1.76. The van der Waals surface area contributed by atoms with Crippen LogP contribution in [0.2, 0.25) is 0 Å². The quantitative estimate of drug-likeness (QED) is 0.845. The first-order chi connectivity index (χ1) is 10.5. The molecular formula is C17H30N4O. The van der Waals surface area contributed by atoms with Crippen LogP contribution in [0, 0.1) is 25.7 Å². The Morgan fingerprint density at radius 2 is 2.23 bits per heavy atom. The summed E-state index contributed by atoms with van der Waals surface area (Å²) in [6, 6.07) is 0. The summed E-state index contributed by atoms with van der Waals surface area (Å²) in [7, 11) is 0. The molecule has 1 aromatic rings. The number of nitrogens with one attached hydrogen (secondary N) is 2. The van der Waals surface area contributed by atoms with Crippen LogP contribution in [0.1, 0.15) is 43.6 Å². The van der Waals surface area contributed by atoms with Gasteiger partial charge in [-0.2, -0.15) is 5.10 Å². The third kappa shape index (κ3) is 4.83. The molecule has 0 aliphatic carbocycles. The molecule has 1 aliphatic heterocycles. The minimum atomic E-state index is 0.105. The second kappa shape index (κ2) is 7.77. The number of hydrogen-bond acceptors (Lipinski definition) is 3. The monoisotopic (exact) mass is 306 g/mol. The number of carbonyl (C=O) groups excluding carboxylic acids is 1. The number of carbonyl (C=O) groups is 1. The van der Waals surface area contributed by atoms with Gasteiger partial charge >= 0.3 is 0 Å². The van der Waals surface area contributed by atoms with E-state index < -0.39 is 0 Å². The molecule has 2 N–H and O–H groups in total. The highest BCUT2D eigenvalue weighted by Crippen LogP contribution is 2.17. The maximum Gasteiger partial charge on any atom is 0.224 e. The maximum absolute atomic E-state index is 12.2. The molecule has 22 heavy (non-hydrogen) atoms. The molecule has 1 amide bonds. The number of likely N-dealkylation sites (tertiary alicyclic amines) is 1. The molecule has 0 saturated carbocycles. The average Bonchev–Trinajstić information content (AvgIpc) is 2.77. The highest BCUT2D eigenvalue weighted by Gasteiger charge is 2.21. The molecule has 1 aliphatic rings. The Hall–Kier alpha value is -1.36. The van der Waals surface area contributed by atoms with Crippen LogP contribution in [0.25, 0.3) is 0 Å². The van der Waals surface area contributed by atoms with Gasteiger partial charge in [0.15, 0.2) is 0 Å². The number of nitrogens with zero attached hydrogens (tertiary/aromatic N) is 2. The van der Waals surface area contributed by atoms with Gasteiger partial charge < -0.3 is 10.2 Å². The number of rotatable bonds is 6. The highest BCUT2D eigenvalue weighted by atomic mass is 16.1. The van der Waals surface area contributed by atoms with Crippen LogP contribution in [-0.4, -0.2) is 47.2 Å². The fourth-order valence-electron chi connectivity index (χ4n) is 3.32. The highest BCUT2D eigenvalue weighted by molar-refractivity contribution is 5.79. The summed E-state index contributed by atoms with van der Waals surface area (Å²) in [5.41, 5.74) is 2.95. The first-order valence-electron chi connectivity index (χ1n) is 8.45. The molecule has 5 nitrogen and oxygen atoms in total. The van der Waals surface area contributed by atoms with Crippen LogP contribution < -0.4 is 5.32 Å². The molecule has 1 atom stereocenters. The lowest BCUT2D eigenvalue weighted by Gasteiger charge is -2.33. The SMILES string of the molecule is Cc1n[nH]c(C)c1CC(=O)NC[C@@H]1CCCN(CC(C)C)C1. The number of aromatic nitrogens is 2. The Kier molecular flexibility index (Phi) is 6.00. The van der Waals surface area contributed by atoms with Crippen molar-refractivity contribution in [2.75, 3.05) is 26.2 Å². The van der Waals surface area contributed by atoms with Crippen molar-refractivity contribution in [2.45, 2.75) is 47.0 Å². The third-order valence-electron chi connectivity index (χ3n) is 4.43. The van der Waals surface area contributed by atoms with Crippen molar-refractivity contribution in [2.24, 2.45) is 11.8 Å². The Bertz CT molecular complexity index is 475. The summed E-state index contributed by atoms with van der Waals surface area (Å²) in [5, 5.41) is 10.2. The average molecular weight is 306 g/mol. The van der Waals surface area contributed by atoms with Crippen molar-refractivity contribution < 1.29 is 4.79 Å². The smallest absolute Gasteiger partial charge is 0.224 e. The summed E-state index contributed by atoms with van der Waals surface area (Å²) < 4.78 is 0. The van der Waals surface area contributed by atoms with E-state index in [0.717, 1.165) is 36.6 Å². The fourth-order valence-corrected chi connectivity index (χ4v) is 3.32. The van der Waals surface area contributed by atoms with Crippen molar-refractivity contribution in [1.29, 1.82) is 0 Å². The Morgan fingerprint density at radius 3 is 2.86 bits per heavy atom. The van der Waals surface area contributed by atoms with Crippen LogP contribution in [-0.2, 0) is 11.2 Å². The molecule has 0 radical (unpaired) electrons.